The molecule has 7 nitrogen and oxygen atoms in total. The Morgan fingerprint density at radius 1 is 1.09 bits per heavy atom. The van der Waals surface area contributed by atoms with E-state index in [0.717, 1.165) is 41.5 Å². The highest BCUT2D eigenvalue weighted by molar-refractivity contribution is 7.91. The first-order chi connectivity index (χ1) is 15.4. The topological polar surface area (TPSA) is 82.6 Å². The van der Waals surface area contributed by atoms with Crippen molar-refractivity contribution in [1.29, 1.82) is 0 Å². The van der Waals surface area contributed by atoms with Crippen LogP contribution in [0.2, 0.25) is 0 Å². The molecule has 170 valence electrons. The number of thiazole rings is 1. The van der Waals surface area contributed by atoms with Gasteiger partial charge in [-0.3, -0.25) is 9.69 Å². The minimum Gasteiger partial charge on any atom is -0.355 e. The number of benzene rings is 2. The van der Waals surface area contributed by atoms with Crippen LogP contribution in [-0.4, -0.2) is 69.2 Å². The van der Waals surface area contributed by atoms with Gasteiger partial charge in [-0.1, -0.05) is 29.5 Å². The Labute approximate surface area is 190 Å². The highest BCUT2D eigenvalue weighted by Crippen LogP contribution is 2.29. The molecule has 1 amide bonds. The molecular weight excluding hydrogens is 451 g/mol. The van der Waals surface area contributed by atoms with Crippen LogP contribution in [0.4, 0.5) is 9.52 Å². The molecule has 1 aliphatic rings. The number of sulfone groups is 1. The molecule has 10 heteroatoms. The van der Waals surface area contributed by atoms with Crippen LogP contribution < -0.4 is 10.2 Å². The predicted octanol–water partition coefficient (Wildman–Crippen LogP) is 2.54. The third kappa shape index (κ3) is 5.62. The average Bonchev–Trinajstić information content (AvgIpc) is 3.22. The predicted molar refractivity (Wildman–Crippen MR) is 124 cm³/mol. The number of rotatable bonds is 8. The zero-order chi connectivity index (χ0) is 22.6. The van der Waals surface area contributed by atoms with E-state index >= 15 is 0 Å². The second-order valence-electron chi connectivity index (χ2n) is 7.67. The molecule has 2 aromatic carbocycles. The highest BCUT2D eigenvalue weighted by atomic mass is 32.2. The monoisotopic (exact) mass is 476 g/mol. The zero-order valence-corrected chi connectivity index (χ0v) is 19.2. The summed E-state index contributed by atoms with van der Waals surface area (Å²) < 4.78 is 38.8. The number of piperazine rings is 1. The van der Waals surface area contributed by atoms with Crippen LogP contribution in [0.25, 0.3) is 10.2 Å². The third-order valence-electron chi connectivity index (χ3n) is 5.43. The number of carbonyl (C=O) groups excluding carboxylic acids is 1. The van der Waals surface area contributed by atoms with Crippen molar-refractivity contribution < 1.29 is 17.6 Å². The van der Waals surface area contributed by atoms with Crippen molar-refractivity contribution in [3.05, 3.63) is 54.3 Å². The van der Waals surface area contributed by atoms with Crippen molar-refractivity contribution in [2.24, 2.45) is 0 Å². The van der Waals surface area contributed by atoms with Crippen LogP contribution in [0.5, 0.6) is 0 Å². The van der Waals surface area contributed by atoms with E-state index in [1.807, 2.05) is 0 Å². The molecule has 1 aliphatic heterocycles. The van der Waals surface area contributed by atoms with Crippen molar-refractivity contribution >= 4 is 42.4 Å². The zero-order valence-electron chi connectivity index (χ0n) is 17.5. The molecule has 1 saturated heterocycles. The van der Waals surface area contributed by atoms with Gasteiger partial charge in [-0.15, -0.1) is 0 Å². The van der Waals surface area contributed by atoms with Crippen LogP contribution >= 0.6 is 11.3 Å². The summed E-state index contributed by atoms with van der Waals surface area (Å²) in [5, 5.41) is 3.72. The number of anilines is 1. The SMILES string of the molecule is O=C(CCS(=O)(=O)c1ccccc1)NCCN1CCN(c2nc3ccc(F)cc3s2)CC1. The van der Waals surface area contributed by atoms with Crippen molar-refractivity contribution in [2.45, 2.75) is 11.3 Å². The first-order valence-electron chi connectivity index (χ1n) is 10.5. The summed E-state index contributed by atoms with van der Waals surface area (Å²) in [6, 6.07) is 12.8. The first-order valence-corrected chi connectivity index (χ1v) is 13.0. The van der Waals surface area contributed by atoms with E-state index in [1.165, 1.54) is 23.5 Å². The number of nitrogens with zero attached hydrogens (tertiary/aromatic N) is 3. The molecule has 2 heterocycles. The Balaban J connectivity index is 1.18. The number of amides is 1. The quantitative estimate of drug-likeness (QED) is 0.538. The van der Waals surface area contributed by atoms with Crippen molar-refractivity contribution in [3.8, 4) is 0 Å². The van der Waals surface area contributed by atoms with Gasteiger partial charge in [0, 0.05) is 45.7 Å². The summed E-state index contributed by atoms with van der Waals surface area (Å²) in [7, 11) is -3.45. The van der Waals surface area contributed by atoms with E-state index < -0.39 is 9.84 Å². The molecule has 0 spiro atoms. The maximum absolute atomic E-state index is 13.4. The number of hydrogen-bond acceptors (Lipinski definition) is 7. The fourth-order valence-electron chi connectivity index (χ4n) is 3.60. The van der Waals surface area contributed by atoms with E-state index in [1.54, 1.807) is 36.4 Å². The molecule has 0 aliphatic carbocycles. The third-order valence-corrected chi connectivity index (χ3v) is 8.24. The summed E-state index contributed by atoms with van der Waals surface area (Å²) in [5.74, 6) is -0.713. The summed E-state index contributed by atoms with van der Waals surface area (Å²) in [4.78, 5) is 21.4. The molecule has 0 saturated carbocycles. The lowest BCUT2D eigenvalue weighted by atomic mass is 10.3. The van der Waals surface area contributed by atoms with Crippen LogP contribution in [0, 0.1) is 5.82 Å². The van der Waals surface area contributed by atoms with Gasteiger partial charge in [0.15, 0.2) is 15.0 Å². The fraction of sp³-hybridized carbons (Fsp3) is 0.364. The fourth-order valence-corrected chi connectivity index (χ4v) is 5.90. The first kappa shape index (κ1) is 22.6. The molecule has 4 rings (SSSR count). The van der Waals surface area contributed by atoms with Crippen molar-refractivity contribution in [3.63, 3.8) is 0 Å². The number of aromatic nitrogens is 1. The highest BCUT2D eigenvalue weighted by Gasteiger charge is 2.20. The van der Waals surface area contributed by atoms with Gasteiger partial charge in [0.2, 0.25) is 5.91 Å². The smallest absolute Gasteiger partial charge is 0.221 e. The van der Waals surface area contributed by atoms with E-state index in [4.69, 9.17) is 0 Å². The van der Waals surface area contributed by atoms with Gasteiger partial charge in [-0.2, -0.15) is 0 Å². The molecule has 3 aromatic rings. The molecular formula is C22H25FN4O3S2. The molecule has 32 heavy (non-hydrogen) atoms. The minimum atomic E-state index is -3.45. The van der Waals surface area contributed by atoms with Crippen molar-refractivity contribution in [1.82, 2.24) is 15.2 Å². The molecule has 1 fully saturated rings. The number of carbonyl (C=O) groups is 1. The number of fused-ring (bicyclic) bond motifs is 1. The Morgan fingerprint density at radius 3 is 2.59 bits per heavy atom. The largest absolute Gasteiger partial charge is 0.355 e. The van der Waals surface area contributed by atoms with E-state index in [0.29, 0.717) is 13.1 Å². The lowest BCUT2D eigenvalue weighted by Crippen LogP contribution is -2.48. The molecule has 1 aromatic heterocycles. The van der Waals surface area contributed by atoms with Crippen LogP contribution in [-0.2, 0) is 14.6 Å². The van der Waals surface area contributed by atoms with Crippen LogP contribution in [0.1, 0.15) is 6.42 Å². The normalized spacial score (nSPS) is 15.2. The Morgan fingerprint density at radius 2 is 1.84 bits per heavy atom. The standard InChI is InChI=1S/C22H25FN4O3S2/c23-17-6-7-19-20(16-17)31-22(25-19)27-13-11-26(12-14-27)10-9-24-21(28)8-15-32(29,30)18-4-2-1-3-5-18/h1-7,16H,8-15H2,(H,24,28). The van der Waals surface area contributed by atoms with Gasteiger partial charge in [0.1, 0.15) is 5.82 Å². The van der Waals surface area contributed by atoms with E-state index in [-0.39, 0.29) is 28.8 Å². The van der Waals surface area contributed by atoms with Gasteiger partial charge in [0.25, 0.3) is 0 Å². The number of hydrogen-bond donors (Lipinski definition) is 1. The molecule has 0 radical (unpaired) electrons. The maximum Gasteiger partial charge on any atom is 0.221 e. The van der Waals surface area contributed by atoms with Gasteiger partial charge < -0.3 is 10.2 Å². The number of halogens is 1. The summed E-state index contributed by atoms with van der Waals surface area (Å²) >= 11 is 1.50. The Kier molecular flexibility index (Phi) is 7.02. The maximum atomic E-state index is 13.4. The van der Waals surface area contributed by atoms with E-state index in [9.17, 15) is 17.6 Å². The average molecular weight is 477 g/mol. The summed E-state index contributed by atoms with van der Waals surface area (Å²) in [6.45, 7) is 4.48. The summed E-state index contributed by atoms with van der Waals surface area (Å²) in [6.07, 6.45) is -0.0524. The molecule has 0 atom stereocenters. The lowest BCUT2D eigenvalue weighted by Gasteiger charge is -2.34. The molecule has 0 unspecified atom stereocenters. The van der Waals surface area contributed by atoms with Crippen molar-refractivity contribution in [2.75, 3.05) is 49.9 Å². The van der Waals surface area contributed by atoms with Gasteiger partial charge in [-0.05, 0) is 30.3 Å². The van der Waals surface area contributed by atoms with Gasteiger partial charge >= 0.3 is 0 Å². The Bertz CT molecular complexity index is 1180. The second kappa shape index (κ2) is 9.93. The molecule has 0 bridgehead atoms. The summed E-state index contributed by atoms with van der Waals surface area (Å²) in [5.41, 5.74) is 0.811. The second-order valence-corrected chi connectivity index (χ2v) is 10.8. The van der Waals surface area contributed by atoms with E-state index in [2.05, 4.69) is 20.1 Å². The van der Waals surface area contributed by atoms with Crippen LogP contribution in [0.15, 0.2) is 53.4 Å². The van der Waals surface area contributed by atoms with Crippen LogP contribution in [0.3, 0.4) is 0 Å². The minimum absolute atomic E-state index is 0.0524. The molecule has 1 N–H and O–H groups in total. The number of nitrogens with one attached hydrogen (secondary N) is 1. The van der Waals surface area contributed by atoms with Gasteiger partial charge in [-0.25, -0.2) is 17.8 Å². The van der Waals surface area contributed by atoms with Gasteiger partial charge in [0.05, 0.1) is 20.9 Å². The lowest BCUT2D eigenvalue weighted by molar-refractivity contribution is -0.120. The Hall–Kier alpha value is -2.56.